The zero-order chi connectivity index (χ0) is 16.1. The maximum absolute atomic E-state index is 10.8. The van der Waals surface area contributed by atoms with Gasteiger partial charge in [-0.25, -0.2) is 4.79 Å². The Labute approximate surface area is 130 Å². The van der Waals surface area contributed by atoms with Gasteiger partial charge >= 0.3 is 5.97 Å². The lowest BCUT2D eigenvalue weighted by molar-refractivity contribution is 0.0697. The van der Waals surface area contributed by atoms with E-state index in [4.69, 9.17) is 9.84 Å². The van der Waals surface area contributed by atoms with Crippen molar-refractivity contribution >= 4 is 5.97 Å². The van der Waals surface area contributed by atoms with Crippen molar-refractivity contribution < 1.29 is 14.6 Å². The highest BCUT2D eigenvalue weighted by atomic mass is 16.5. The predicted molar refractivity (Wildman–Crippen MR) is 86.4 cm³/mol. The SMILES string of the molecule is COc1ccc(C)cc1[C@@H](C)NCc1ccc(C(=O)O)cc1. The van der Waals surface area contributed by atoms with Crippen LogP contribution in [0.3, 0.4) is 0 Å². The largest absolute Gasteiger partial charge is 0.496 e. The molecule has 0 radical (unpaired) electrons. The average molecular weight is 299 g/mol. The highest BCUT2D eigenvalue weighted by Gasteiger charge is 2.11. The Kier molecular flexibility index (Phi) is 5.17. The molecule has 1 atom stereocenters. The number of carboxylic acid groups (broad SMARTS) is 1. The van der Waals surface area contributed by atoms with E-state index in [2.05, 4.69) is 25.2 Å². The highest BCUT2D eigenvalue weighted by Crippen LogP contribution is 2.26. The molecular weight excluding hydrogens is 278 g/mol. The smallest absolute Gasteiger partial charge is 0.335 e. The molecule has 0 unspecified atom stereocenters. The Morgan fingerprint density at radius 3 is 2.50 bits per heavy atom. The van der Waals surface area contributed by atoms with Gasteiger partial charge in [-0.2, -0.15) is 0 Å². The topological polar surface area (TPSA) is 58.6 Å². The fourth-order valence-corrected chi connectivity index (χ4v) is 2.34. The van der Waals surface area contributed by atoms with Gasteiger partial charge in [0, 0.05) is 18.2 Å². The third-order valence-corrected chi connectivity index (χ3v) is 3.66. The van der Waals surface area contributed by atoms with Gasteiger partial charge in [-0.1, -0.05) is 29.8 Å². The van der Waals surface area contributed by atoms with Crippen molar-refractivity contribution in [1.82, 2.24) is 5.32 Å². The van der Waals surface area contributed by atoms with E-state index in [1.165, 1.54) is 5.56 Å². The lowest BCUT2D eigenvalue weighted by Crippen LogP contribution is -2.19. The van der Waals surface area contributed by atoms with Gasteiger partial charge in [-0.3, -0.25) is 0 Å². The Morgan fingerprint density at radius 2 is 1.91 bits per heavy atom. The molecule has 2 rings (SSSR count). The minimum Gasteiger partial charge on any atom is -0.496 e. The molecule has 4 nitrogen and oxygen atoms in total. The molecule has 4 heteroatoms. The summed E-state index contributed by atoms with van der Waals surface area (Å²) in [7, 11) is 1.67. The maximum Gasteiger partial charge on any atom is 0.335 e. The number of ether oxygens (including phenoxy) is 1. The standard InChI is InChI=1S/C18H21NO3/c1-12-4-9-17(22-3)16(10-12)13(2)19-11-14-5-7-15(8-6-14)18(20)21/h4-10,13,19H,11H2,1-3H3,(H,20,21)/t13-/m1/s1. The molecule has 0 saturated carbocycles. The van der Waals surface area contributed by atoms with E-state index in [9.17, 15) is 4.79 Å². The number of benzene rings is 2. The van der Waals surface area contributed by atoms with Crippen LogP contribution in [0.15, 0.2) is 42.5 Å². The van der Waals surface area contributed by atoms with E-state index in [1.807, 2.05) is 24.3 Å². The van der Waals surface area contributed by atoms with Gasteiger partial charge < -0.3 is 15.2 Å². The second-order valence-electron chi connectivity index (χ2n) is 5.35. The molecule has 2 N–H and O–H groups in total. The number of aryl methyl sites for hydroxylation is 1. The second kappa shape index (κ2) is 7.09. The van der Waals surface area contributed by atoms with Gasteiger partial charge in [-0.05, 0) is 37.6 Å². The number of nitrogens with one attached hydrogen (secondary N) is 1. The highest BCUT2D eigenvalue weighted by molar-refractivity contribution is 5.87. The zero-order valence-corrected chi connectivity index (χ0v) is 13.1. The van der Waals surface area contributed by atoms with Crippen molar-refractivity contribution in [2.75, 3.05) is 7.11 Å². The Hall–Kier alpha value is -2.33. The van der Waals surface area contributed by atoms with Crippen LogP contribution in [0, 0.1) is 6.92 Å². The van der Waals surface area contributed by atoms with Gasteiger partial charge in [0.2, 0.25) is 0 Å². The van der Waals surface area contributed by atoms with Crippen LogP contribution in [0.1, 0.15) is 40.0 Å². The first kappa shape index (κ1) is 16.0. The number of carbonyl (C=O) groups is 1. The number of hydrogen-bond donors (Lipinski definition) is 2. The van der Waals surface area contributed by atoms with Gasteiger partial charge in [0.1, 0.15) is 5.75 Å². The lowest BCUT2D eigenvalue weighted by Gasteiger charge is -2.18. The van der Waals surface area contributed by atoms with Crippen LogP contribution in [0.2, 0.25) is 0 Å². The van der Waals surface area contributed by atoms with Crippen molar-refractivity contribution in [3.05, 3.63) is 64.7 Å². The number of methoxy groups -OCH3 is 1. The Bertz CT molecular complexity index is 650. The average Bonchev–Trinajstić information content (AvgIpc) is 2.53. The minimum atomic E-state index is -0.905. The molecule has 2 aromatic rings. The molecular formula is C18H21NO3. The molecule has 0 aromatic heterocycles. The minimum absolute atomic E-state index is 0.133. The molecule has 0 spiro atoms. The van der Waals surface area contributed by atoms with Crippen molar-refractivity contribution in [2.45, 2.75) is 26.4 Å². The van der Waals surface area contributed by atoms with Gasteiger partial charge in [0.25, 0.3) is 0 Å². The molecule has 0 saturated heterocycles. The molecule has 0 fully saturated rings. The first-order chi connectivity index (χ1) is 10.5. The van der Waals surface area contributed by atoms with Gasteiger partial charge in [0.15, 0.2) is 0 Å². The molecule has 0 heterocycles. The maximum atomic E-state index is 10.8. The molecule has 0 aliphatic carbocycles. The van der Waals surface area contributed by atoms with Crippen molar-refractivity contribution in [3.8, 4) is 5.75 Å². The van der Waals surface area contributed by atoms with Crippen molar-refractivity contribution in [3.63, 3.8) is 0 Å². The van der Waals surface area contributed by atoms with Gasteiger partial charge in [-0.15, -0.1) is 0 Å². The van der Waals surface area contributed by atoms with Crippen LogP contribution in [-0.2, 0) is 6.54 Å². The van der Waals surface area contributed by atoms with E-state index in [-0.39, 0.29) is 6.04 Å². The van der Waals surface area contributed by atoms with E-state index in [1.54, 1.807) is 19.2 Å². The third-order valence-electron chi connectivity index (χ3n) is 3.66. The molecule has 0 aliphatic heterocycles. The molecule has 2 aromatic carbocycles. The molecule has 0 bridgehead atoms. The first-order valence-corrected chi connectivity index (χ1v) is 7.21. The number of hydrogen-bond acceptors (Lipinski definition) is 3. The summed E-state index contributed by atoms with van der Waals surface area (Å²) < 4.78 is 5.41. The van der Waals surface area contributed by atoms with Crippen LogP contribution in [0.4, 0.5) is 0 Å². The summed E-state index contributed by atoms with van der Waals surface area (Å²) in [5.41, 5.74) is 3.65. The van der Waals surface area contributed by atoms with Crippen molar-refractivity contribution in [1.29, 1.82) is 0 Å². The summed E-state index contributed by atoms with van der Waals surface area (Å²) in [5, 5.41) is 12.3. The van der Waals surface area contributed by atoms with Crippen LogP contribution in [0.5, 0.6) is 5.75 Å². The monoisotopic (exact) mass is 299 g/mol. The molecule has 116 valence electrons. The zero-order valence-electron chi connectivity index (χ0n) is 13.1. The summed E-state index contributed by atoms with van der Waals surface area (Å²) in [6.45, 7) is 4.81. The summed E-state index contributed by atoms with van der Waals surface area (Å²) in [6, 6.07) is 13.2. The van der Waals surface area contributed by atoms with Crippen LogP contribution in [0.25, 0.3) is 0 Å². The number of rotatable bonds is 6. The Balaban J connectivity index is 2.05. The van der Waals surface area contributed by atoms with Crippen LogP contribution >= 0.6 is 0 Å². The molecule has 0 aliphatic rings. The normalized spacial score (nSPS) is 12.0. The first-order valence-electron chi connectivity index (χ1n) is 7.21. The van der Waals surface area contributed by atoms with E-state index in [0.29, 0.717) is 12.1 Å². The third kappa shape index (κ3) is 3.86. The summed E-state index contributed by atoms with van der Waals surface area (Å²) in [6.07, 6.45) is 0. The van der Waals surface area contributed by atoms with E-state index < -0.39 is 5.97 Å². The lowest BCUT2D eigenvalue weighted by atomic mass is 10.0. The van der Waals surface area contributed by atoms with Gasteiger partial charge in [0.05, 0.1) is 12.7 Å². The fraction of sp³-hybridized carbons (Fsp3) is 0.278. The second-order valence-corrected chi connectivity index (χ2v) is 5.35. The molecule has 0 amide bonds. The number of carboxylic acids is 1. The fourth-order valence-electron chi connectivity index (χ4n) is 2.34. The molecule has 22 heavy (non-hydrogen) atoms. The predicted octanol–water partition coefficient (Wildman–Crippen LogP) is 3.55. The van der Waals surface area contributed by atoms with E-state index in [0.717, 1.165) is 16.9 Å². The van der Waals surface area contributed by atoms with Crippen LogP contribution in [-0.4, -0.2) is 18.2 Å². The quantitative estimate of drug-likeness (QED) is 0.856. The Morgan fingerprint density at radius 1 is 1.23 bits per heavy atom. The van der Waals surface area contributed by atoms with Crippen LogP contribution < -0.4 is 10.1 Å². The summed E-state index contributed by atoms with van der Waals surface area (Å²) in [5.74, 6) is -0.0378. The van der Waals surface area contributed by atoms with E-state index >= 15 is 0 Å². The summed E-state index contributed by atoms with van der Waals surface area (Å²) >= 11 is 0. The summed E-state index contributed by atoms with van der Waals surface area (Å²) in [4.78, 5) is 10.8. The van der Waals surface area contributed by atoms with Crippen molar-refractivity contribution in [2.24, 2.45) is 0 Å². The number of aromatic carboxylic acids is 1.